The van der Waals surface area contributed by atoms with Crippen LogP contribution < -0.4 is 32.7 Å². The highest BCUT2D eigenvalue weighted by molar-refractivity contribution is 6.18. The van der Waals surface area contributed by atoms with Crippen molar-refractivity contribution < 1.29 is 61.4 Å². The molecule has 0 aromatic heterocycles. The van der Waals surface area contributed by atoms with Crippen molar-refractivity contribution in [1.29, 1.82) is 0 Å². The van der Waals surface area contributed by atoms with E-state index in [2.05, 4.69) is 21.3 Å². The molecule has 328 valence electrons. The van der Waals surface area contributed by atoms with Crippen molar-refractivity contribution in [3.8, 4) is 0 Å². The van der Waals surface area contributed by atoms with Crippen LogP contribution in [0, 0.1) is 11.8 Å². The Balaban J connectivity index is 2.23. The Morgan fingerprint density at radius 3 is 1.15 bits per heavy atom. The van der Waals surface area contributed by atoms with Crippen LogP contribution in [0.25, 0.3) is 0 Å². The molecular formula is C41H54F2N6O11. The van der Waals surface area contributed by atoms with Gasteiger partial charge < -0.3 is 42.2 Å². The summed E-state index contributed by atoms with van der Waals surface area (Å²) in [7, 11) is 0. The molecule has 0 aliphatic heterocycles. The Morgan fingerprint density at radius 2 is 0.850 bits per heavy atom. The van der Waals surface area contributed by atoms with Gasteiger partial charge in [-0.1, -0.05) is 88.4 Å². The molecule has 2 aromatic rings. The van der Waals surface area contributed by atoms with Crippen LogP contribution >= 0.6 is 0 Å². The molecule has 0 saturated carbocycles. The van der Waals surface area contributed by atoms with Crippen molar-refractivity contribution >= 4 is 53.2 Å². The number of ketones is 3. The van der Waals surface area contributed by atoms with Gasteiger partial charge in [0.05, 0.1) is 12.1 Å². The van der Waals surface area contributed by atoms with Crippen LogP contribution in [-0.2, 0) is 56.2 Å². The van der Waals surface area contributed by atoms with E-state index in [1.54, 1.807) is 88.4 Å². The van der Waals surface area contributed by atoms with E-state index in [0.717, 1.165) is 0 Å². The summed E-state index contributed by atoms with van der Waals surface area (Å²) in [6.45, 7) is 6.55. The Hall–Kier alpha value is -6.27. The van der Waals surface area contributed by atoms with Gasteiger partial charge in [-0.05, 0) is 48.6 Å². The van der Waals surface area contributed by atoms with Crippen molar-refractivity contribution in [2.45, 2.75) is 116 Å². The summed E-state index contributed by atoms with van der Waals surface area (Å²) in [5.74, 6) is -10.2. The Bertz CT molecular complexity index is 1670. The fourth-order valence-corrected chi connectivity index (χ4v) is 5.67. The molecule has 0 spiro atoms. The molecule has 2 rings (SSSR count). The van der Waals surface area contributed by atoms with Gasteiger partial charge >= 0.3 is 12.2 Å². The van der Waals surface area contributed by atoms with Crippen molar-refractivity contribution in [3.63, 3.8) is 0 Å². The highest BCUT2D eigenvalue weighted by Crippen LogP contribution is 2.16. The molecule has 0 fully saturated rings. The molecule has 0 radical (unpaired) electrons. The van der Waals surface area contributed by atoms with Gasteiger partial charge in [-0.25, -0.2) is 18.4 Å². The number of Topliss-reactive ketones (excluding diaryl/α,β-unsaturated/α-hetero) is 3. The third-order valence-electron chi connectivity index (χ3n) is 8.73. The lowest BCUT2D eigenvalue weighted by Crippen LogP contribution is -2.56. The van der Waals surface area contributed by atoms with Gasteiger partial charge in [0.2, 0.25) is 41.8 Å². The Morgan fingerprint density at radius 1 is 0.517 bits per heavy atom. The van der Waals surface area contributed by atoms with Crippen LogP contribution in [0.1, 0.15) is 77.3 Å². The highest BCUT2D eigenvalue weighted by atomic mass is 19.1. The molecule has 6 amide bonds. The first-order chi connectivity index (χ1) is 28.3. The lowest BCUT2D eigenvalue weighted by molar-refractivity contribution is -0.144. The number of carbonyl (C=O) groups is 9. The molecule has 17 nitrogen and oxygen atoms in total. The number of alkyl halides is 2. The second kappa shape index (κ2) is 25.3. The monoisotopic (exact) mass is 844 g/mol. The number of nitrogens with two attached hydrogens (primary N) is 2. The maximum absolute atomic E-state index is 15.7. The molecule has 0 aliphatic rings. The number of alkyl carbamates (subject to hydrolysis) is 2. The Labute approximate surface area is 346 Å². The summed E-state index contributed by atoms with van der Waals surface area (Å²) in [4.78, 5) is 115. The quantitative estimate of drug-likeness (QED) is 0.0749. The van der Waals surface area contributed by atoms with E-state index >= 15 is 8.78 Å². The third kappa shape index (κ3) is 18.1. The van der Waals surface area contributed by atoms with Crippen molar-refractivity contribution in [1.82, 2.24) is 21.3 Å². The number of halogens is 2. The molecule has 0 heterocycles. The number of amides is 6. The molecule has 60 heavy (non-hydrogen) atoms. The number of hydrogen-bond acceptors (Lipinski definition) is 11. The standard InChI is InChI=1S/C41H54F2N6O11/c1-23(2)19-29(48-40(57)59-21-25-11-7-5-8-12-25)38(55)46-27(15-17-31(44)50)35(52)33(42)37(54)34(43)36(53)28(16-18-32(45)51)47-39(56)30(20-24(3)4)49-41(58)60-22-26-13-9-6-10-14-26/h5-14,23-24,27-30,33-34H,15-22H2,1-4H3,(H2,44,50)(H2,45,51)(H,46,55)(H,47,56)(H,48,57)(H,49,58)/t27-,28-,29-,30-,33?,34?/m0/s1. The summed E-state index contributed by atoms with van der Waals surface area (Å²) in [6, 6.07) is 10.5. The van der Waals surface area contributed by atoms with E-state index in [4.69, 9.17) is 20.9 Å². The van der Waals surface area contributed by atoms with Crippen LogP contribution in [0.15, 0.2) is 60.7 Å². The number of rotatable bonds is 26. The zero-order valence-corrected chi connectivity index (χ0v) is 34.0. The topological polar surface area (TPSA) is 272 Å². The largest absolute Gasteiger partial charge is 0.445 e. The molecule has 2 unspecified atom stereocenters. The zero-order valence-electron chi connectivity index (χ0n) is 34.0. The average molecular weight is 845 g/mol. The summed E-state index contributed by atoms with van der Waals surface area (Å²) >= 11 is 0. The number of hydrogen-bond donors (Lipinski definition) is 6. The van der Waals surface area contributed by atoms with Gasteiger partial charge in [0.15, 0.2) is 11.6 Å². The predicted octanol–water partition coefficient (Wildman–Crippen LogP) is 2.55. The first-order valence-corrected chi connectivity index (χ1v) is 19.3. The SMILES string of the molecule is CC(C)C[C@H](NC(=O)OCc1ccccc1)C(=O)N[C@@H](CCC(N)=O)C(=O)C(F)C(=O)C(F)C(=O)[C@H](CCC(N)=O)NC(=O)[C@H](CC(C)C)NC(=O)OCc1ccccc1. The van der Waals surface area contributed by atoms with Gasteiger partial charge in [-0.15, -0.1) is 0 Å². The first kappa shape index (κ1) is 49.9. The van der Waals surface area contributed by atoms with Crippen LogP contribution in [-0.4, -0.2) is 89.7 Å². The summed E-state index contributed by atoms with van der Waals surface area (Å²) < 4.78 is 41.7. The van der Waals surface area contributed by atoms with Gasteiger partial charge in [0.1, 0.15) is 25.3 Å². The van der Waals surface area contributed by atoms with Crippen LogP contribution in [0.3, 0.4) is 0 Å². The molecule has 0 bridgehead atoms. The summed E-state index contributed by atoms with van der Waals surface area (Å²) in [6.07, 6.45) is -11.3. The van der Waals surface area contributed by atoms with Crippen LogP contribution in [0.5, 0.6) is 0 Å². The van der Waals surface area contributed by atoms with Gasteiger partial charge in [0, 0.05) is 12.8 Å². The molecule has 0 saturated heterocycles. The summed E-state index contributed by atoms with van der Waals surface area (Å²) in [5.41, 5.74) is 11.7. The molecule has 0 aliphatic carbocycles. The predicted molar refractivity (Wildman–Crippen MR) is 212 cm³/mol. The minimum Gasteiger partial charge on any atom is -0.445 e. The first-order valence-electron chi connectivity index (χ1n) is 19.3. The van der Waals surface area contributed by atoms with Crippen LogP contribution in [0.4, 0.5) is 18.4 Å². The Kier molecular flexibility index (Phi) is 21.0. The van der Waals surface area contributed by atoms with E-state index in [0.29, 0.717) is 11.1 Å². The molecule has 19 heteroatoms. The average Bonchev–Trinajstić information content (AvgIpc) is 3.20. The number of ether oxygens (including phenoxy) is 2. The van der Waals surface area contributed by atoms with Crippen molar-refractivity contribution in [2.24, 2.45) is 23.3 Å². The number of primary amides is 2. The van der Waals surface area contributed by atoms with E-state index in [1.807, 2.05) is 0 Å². The second-order valence-electron chi connectivity index (χ2n) is 14.8. The molecule has 8 N–H and O–H groups in total. The highest BCUT2D eigenvalue weighted by Gasteiger charge is 2.43. The van der Waals surface area contributed by atoms with E-state index in [1.165, 1.54) is 0 Å². The fraction of sp³-hybridized carbons (Fsp3) is 0.488. The number of benzene rings is 2. The van der Waals surface area contributed by atoms with Gasteiger partial charge in [0.25, 0.3) is 0 Å². The van der Waals surface area contributed by atoms with Crippen molar-refractivity contribution in [2.75, 3.05) is 0 Å². The second-order valence-corrected chi connectivity index (χ2v) is 14.8. The molecule has 2 aromatic carbocycles. The smallest absolute Gasteiger partial charge is 0.408 e. The van der Waals surface area contributed by atoms with Crippen LogP contribution in [0.2, 0.25) is 0 Å². The lowest BCUT2D eigenvalue weighted by Gasteiger charge is -2.25. The van der Waals surface area contributed by atoms with Gasteiger partial charge in [-0.2, -0.15) is 0 Å². The maximum atomic E-state index is 15.7. The minimum atomic E-state index is -3.39. The maximum Gasteiger partial charge on any atom is 0.408 e. The fourth-order valence-electron chi connectivity index (χ4n) is 5.67. The third-order valence-corrected chi connectivity index (χ3v) is 8.73. The number of nitrogens with one attached hydrogen (secondary N) is 4. The zero-order chi connectivity index (χ0) is 44.9. The lowest BCUT2D eigenvalue weighted by atomic mass is 9.93. The minimum absolute atomic E-state index is 0.0110. The van der Waals surface area contributed by atoms with Gasteiger partial charge in [-0.3, -0.25) is 33.6 Å². The summed E-state index contributed by atoms with van der Waals surface area (Å²) in [5, 5.41) is 9.10. The number of carbonyl (C=O) groups excluding carboxylic acids is 9. The van der Waals surface area contributed by atoms with Crippen molar-refractivity contribution in [3.05, 3.63) is 71.8 Å². The normalized spacial score (nSPS) is 14.0. The van der Waals surface area contributed by atoms with E-state index in [9.17, 15) is 43.2 Å². The molecular weight excluding hydrogens is 790 g/mol. The van der Waals surface area contributed by atoms with E-state index < -0.39 is 115 Å². The van der Waals surface area contributed by atoms with E-state index in [-0.39, 0.29) is 37.9 Å². The molecule has 6 atom stereocenters.